The van der Waals surface area contributed by atoms with Crippen molar-refractivity contribution in [1.82, 2.24) is 19.7 Å². The van der Waals surface area contributed by atoms with E-state index in [-0.39, 0.29) is 19.0 Å². The second-order valence-corrected chi connectivity index (χ2v) is 8.22. The minimum atomic E-state index is -0.00905. The Morgan fingerprint density at radius 1 is 1.29 bits per heavy atom. The third-order valence-electron chi connectivity index (χ3n) is 5.28. The zero-order valence-electron chi connectivity index (χ0n) is 17.0. The number of aromatic nitrogens is 3. The summed E-state index contributed by atoms with van der Waals surface area (Å²) in [6, 6.07) is 9.82. The lowest BCUT2D eigenvalue weighted by atomic mass is 10.2. The van der Waals surface area contributed by atoms with Crippen molar-refractivity contribution in [1.29, 1.82) is 0 Å². The van der Waals surface area contributed by atoms with Gasteiger partial charge in [-0.2, -0.15) is 5.10 Å². The van der Waals surface area contributed by atoms with Gasteiger partial charge in [-0.25, -0.2) is 9.67 Å². The van der Waals surface area contributed by atoms with E-state index in [1.54, 1.807) is 24.1 Å². The van der Waals surface area contributed by atoms with Crippen molar-refractivity contribution in [3.05, 3.63) is 56.2 Å². The summed E-state index contributed by atoms with van der Waals surface area (Å²) in [7, 11) is 1.67. The molecular weight excluding hydrogens is 511 g/mol. The van der Waals surface area contributed by atoms with E-state index in [2.05, 4.69) is 53.7 Å². The zero-order valence-corrected chi connectivity index (χ0v) is 19.1. The molecule has 0 radical (unpaired) electrons. The maximum absolute atomic E-state index is 12.9. The van der Waals surface area contributed by atoms with Crippen LogP contribution in [0.2, 0.25) is 0 Å². The van der Waals surface area contributed by atoms with Gasteiger partial charge >= 0.3 is 0 Å². The summed E-state index contributed by atoms with van der Waals surface area (Å²) < 4.78 is 8.08. The number of methoxy groups -OCH3 is 1. The Hall–Kier alpha value is -3.05. The first-order valence-electron chi connectivity index (χ1n) is 9.78. The quantitative estimate of drug-likeness (QED) is 0.210. The number of piperazine rings is 1. The first-order chi connectivity index (χ1) is 15.1. The number of pyridine rings is 1. The second kappa shape index (κ2) is 9.40. The molecule has 4 rings (SSSR count). The van der Waals surface area contributed by atoms with Crippen LogP contribution in [0.3, 0.4) is 0 Å². The third-order valence-corrected chi connectivity index (χ3v) is 6.18. The molecule has 1 aliphatic rings. The van der Waals surface area contributed by atoms with Gasteiger partial charge in [0.1, 0.15) is 12.3 Å². The molecular formula is C20H21IN8O2. The standard InChI is InChI=1S/C20H21IN8O2/c1-31-18-11-14(4-5-16(18)21)27-7-9-28(10-8-27)19(30)13-29-20-15(3-2-6-23-20)17(25-29)12-24-26-22/h2-6,11H,7-10,12-13H2,1H3. The number of ether oxygens (including phenoxy) is 1. The smallest absolute Gasteiger partial charge is 0.244 e. The van der Waals surface area contributed by atoms with Crippen molar-refractivity contribution in [2.24, 2.45) is 5.11 Å². The van der Waals surface area contributed by atoms with Gasteiger partial charge in [0, 0.05) is 54.4 Å². The maximum Gasteiger partial charge on any atom is 0.244 e. The SMILES string of the molecule is COc1cc(N2CCN(C(=O)Cn3nc(CN=[N+]=[N-])c4cccnc43)CC2)ccc1I. The predicted molar refractivity (Wildman–Crippen MR) is 125 cm³/mol. The van der Waals surface area contributed by atoms with E-state index >= 15 is 0 Å². The fourth-order valence-electron chi connectivity index (χ4n) is 3.69. The molecule has 0 N–H and O–H groups in total. The molecule has 0 unspecified atom stereocenters. The van der Waals surface area contributed by atoms with Crippen molar-refractivity contribution in [3.8, 4) is 5.75 Å². The molecule has 31 heavy (non-hydrogen) atoms. The number of azide groups is 1. The van der Waals surface area contributed by atoms with E-state index in [1.807, 2.05) is 23.1 Å². The molecule has 160 valence electrons. The molecule has 10 nitrogen and oxygen atoms in total. The average molecular weight is 532 g/mol. The monoisotopic (exact) mass is 532 g/mol. The molecule has 0 bridgehead atoms. The van der Waals surface area contributed by atoms with Gasteiger partial charge in [0.25, 0.3) is 0 Å². The van der Waals surface area contributed by atoms with E-state index in [9.17, 15) is 4.79 Å². The Labute approximate surface area is 192 Å². The van der Waals surface area contributed by atoms with Crippen LogP contribution in [0.1, 0.15) is 5.69 Å². The summed E-state index contributed by atoms with van der Waals surface area (Å²) in [5.41, 5.74) is 10.9. The maximum atomic E-state index is 12.9. The number of rotatable bonds is 6. The molecule has 2 aromatic heterocycles. The van der Waals surface area contributed by atoms with Crippen LogP contribution >= 0.6 is 22.6 Å². The van der Waals surface area contributed by atoms with Gasteiger partial charge in [0.2, 0.25) is 5.91 Å². The molecule has 0 saturated carbocycles. The van der Waals surface area contributed by atoms with Crippen LogP contribution < -0.4 is 9.64 Å². The fourth-order valence-corrected chi connectivity index (χ4v) is 4.24. The Bertz CT molecular complexity index is 1150. The molecule has 0 spiro atoms. The normalized spacial score (nSPS) is 13.9. The van der Waals surface area contributed by atoms with Gasteiger partial charge in [-0.1, -0.05) is 5.11 Å². The number of anilines is 1. The van der Waals surface area contributed by atoms with Gasteiger partial charge < -0.3 is 14.5 Å². The summed E-state index contributed by atoms with van der Waals surface area (Å²) >= 11 is 2.25. The van der Waals surface area contributed by atoms with E-state index in [4.69, 9.17) is 10.3 Å². The number of amides is 1. The van der Waals surface area contributed by atoms with E-state index in [0.29, 0.717) is 24.4 Å². The van der Waals surface area contributed by atoms with Crippen LogP contribution in [-0.4, -0.2) is 58.9 Å². The second-order valence-electron chi connectivity index (χ2n) is 7.05. The van der Waals surface area contributed by atoms with Crippen LogP contribution in [0.15, 0.2) is 41.6 Å². The first-order valence-corrected chi connectivity index (χ1v) is 10.9. The zero-order chi connectivity index (χ0) is 21.8. The highest BCUT2D eigenvalue weighted by Gasteiger charge is 2.23. The van der Waals surface area contributed by atoms with Crippen LogP contribution in [0.5, 0.6) is 5.75 Å². The summed E-state index contributed by atoms with van der Waals surface area (Å²) in [6.45, 7) is 2.97. The van der Waals surface area contributed by atoms with Crippen molar-refractivity contribution >= 4 is 45.2 Å². The Morgan fingerprint density at radius 2 is 2.10 bits per heavy atom. The summed E-state index contributed by atoms with van der Waals surface area (Å²) in [6.07, 6.45) is 1.66. The molecule has 1 amide bonds. The number of nitrogens with zero attached hydrogens (tertiary/aromatic N) is 8. The Kier molecular flexibility index (Phi) is 6.42. The highest BCUT2D eigenvalue weighted by Crippen LogP contribution is 2.27. The molecule has 3 heterocycles. The number of hydrogen-bond donors (Lipinski definition) is 0. The van der Waals surface area contributed by atoms with Crippen molar-refractivity contribution in [2.45, 2.75) is 13.1 Å². The van der Waals surface area contributed by atoms with Crippen molar-refractivity contribution in [2.75, 3.05) is 38.2 Å². The van der Waals surface area contributed by atoms with Gasteiger partial charge in [-0.05, 0) is 52.4 Å². The summed E-state index contributed by atoms with van der Waals surface area (Å²) in [4.78, 5) is 24.2. The predicted octanol–water partition coefficient (Wildman–Crippen LogP) is 3.20. The molecule has 1 saturated heterocycles. The number of carbonyl (C=O) groups excluding carboxylic acids is 1. The number of halogens is 1. The molecule has 1 aromatic carbocycles. The van der Waals surface area contributed by atoms with Gasteiger partial charge in [0.05, 0.1) is 22.9 Å². The largest absolute Gasteiger partial charge is 0.496 e. The molecule has 0 atom stereocenters. The lowest BCUT2D eigenvalue weighted by Crippen LogP contribution is -2.49. The highest BCUT2D eigenvalue weighted by molar-refractivity contribution is 14.1. The Morgan fingerprint density at radius 3 is 2.84 bits per heavy atom. The van der Waals surface area contributed by atoms with Crippen LogP contribution in [0.4, 0.5) is 5.69 Å². The van der Waals surface area contributed by atoms with E-state index in [1.165, 1.54) is 0 Å². The molecule has 0 aliphatic carbocycles. The van der Waals surface area contributed by atoms with Crippen LogP contribution in [0, 0.1) is 3.57 Å². The lowest BCUT2D eigenvalue weighted by molar-refractivity contribution is -0.132. The van der Waals surface area contributed by atoms with Gasteiger partial charge in [-0.3, -0.25) is 4.79 Å². The van der Waals surface area contributed by atoms with Gasteiger partial charge in [0.15, 0.2) is 5.65 Å². The fraction of sp³-hybridized carbons (Fsp3) is 0.350. The van der Waals surface area contributed by atoms with Crippen LogP contribution in [-0.2, 0) is 17.9 Å². The third kappa shape index (κ3) is 4.52. The van der Waals surface area contributed by atoms with Crippen molar-refractivity contribution in [3.63, 3.8) is 0 Å². The van der Waals surface area contributed by atoms with E-state index < -0.39 is 0 Å². The molecule has 1 aliphatic heterocycles. The van der Waals surface area contributed by atoms with Gasteiger partial charge in [-0.15, -0.1) is 0 Å². The highest BCUT2D eigenvalue weighted by atomic mass is 127. The minimum Gasteiger partial charge on any atom is -0.496 e. The Balaban J connectivity index is 1.43. The van der Waals surface area contributed by atoms with E-state index in [0.717, 1.165) is 33.5 Å². The van der Waals surface area contributed by atoms with Crippen LogP contribution in [0.25, 0.3) is 21.5 Å². The summed E-state index contributed by atoms with van der Waals surface area (Å²) in [5.74, 6) is 0.844. The molecule has 1 fully saturated rings. The first kappa shape index (κ1) is 21.2. The number of fused-ring (bicyclic) bond motifs is 1. The topological polar surface area (TPSA) is 112 Å². The molecule has 3 aromatic rings. The number of carbonyl (C=O) groups is 1. The average Bonchev–Trinajstić information content (AvgIpc) is 3.15. The minimum absolute atomic E-state index is 0.00905. The number of benzene rings is 1. The van der Waals surface area contributed by atoms with Crippen molar-refractivity contribution < 1.29 is 9.53 Å². The molecule has 11 heteroatoms. The number of hydrogen-bond acceptors (Lipinski definition) is 6. The summed E-state index contributed by atoms with van der Waals surface area (Å²) in [5, 5.41) is 8.86. The lowest BCUT2D eigenvalue weighted by Gasteiger charge is -2.36.